The molecule has 0 aromatic heterocycles. The van der Waals surface area contributed by atoms with Gasteiger partial charge in [0.05, 0.1) is 16.8 Å². The van der Waals surface area contributed by atoms with Crippen molar-refractivity contribution in [1.29, 1.82) is 0 Å². The van der Waals surface area contributed by atoms with E-state index in [9.17, 15) is 4.79 Å². The Morgan fingerprint density at radius 1 is 1.31 bits per heavy atom. The Hall–Kier alpha value is -0.473. The molecule has 0 amide bonds. The van der Waals surface area contributed by atoms with Gasteiger partial charge in [0.1, 0.15) is 0 Å². The zero-order valence-corrected chi connectivity index (χ0v) is 11.3. The van der Waals surface area contributed by atoms with Crippen molar-refractivity contribution in [2.75, 3.05) is 20.2 Å². The number of hydrogen-bond acceptors (Lipinski definition) is 6. The van der Waals surface area contributed by atoms with Gasteiger partial charge in [0, 0.05) is 6.42 Å². The molecule has 6 nitrogen and oxygen atoms in total. The topological polar surface area (TPSA) is 63.2 Å². The van der Waals surface area contributed by atoms with Crippen LogP contribution >= 0.6 is 0 Å². The van der Waals surface area contributed by atoms with Gasteiger partial charge in [0.25, 0.3) is 6.29 Å². The van der Waals surface area contributed by atoms with E-state index >= 15 is 0 Å². The fraction of sp³-hybridized carbons (Fsp3) is 0.889. The van der Waals surface area contributed by atoms with E-state index in [0.717, 1.165) is 19.3 Å². The summed E-state index contributed by atoms with van der Waals surface area (Å²) in [7, 11) is 0.641. The molecule has 0 spiro atoms. The Balaban J connectivity index is 1.85. The summed E-state index contributed by atoms with van der Waals surface area (Å²) in [6.07, 6.45) is 1.82. The van der Waals surface area contributed by atoms with Crippen LogP contribution in [0.4, 0.5) is 0 Å². The Morgan fingerprint density at radius 3 is 2.69 bits per heavy atom. The minimum Gasteiger partial charge on any atom is -0.435 e. The molecule has 0 aromatic carbocycles. The van der Waals surface area contributed by atoms with Crippen molar-refractivity contribution in [3.63, 3.8) is 0 Å². The molecule has 2 aliphatic rings. The van der Waals surface area contributed by atoms with Crippen LogP contribution in [0.5, 0.6) is 0 Å². The molecule has 1 atom stereocenters. The summed E-state index contributed by atoms with van der Waals surface area (Å²) in [5.41, 5.74) is -0.708. The summed E-state index contributed by atoms with van der Waals surface area (Å²) in [6.45, 7) is 0.746. The van der Waals surface area contributed by atoms with E-state index in [1.807, 2.05) is 0 Å². The average Bonchev–Trinajstić information content (AvgIpc) is 2.30. The fourth-order valence-electron chi connectivity index (χ4n) is 1.69. The molecule has 2 aliphatic heterocycles. The van der Waals surface area contributed by atoms with Crippen molar-refractivity contribution >= 4 is 16.2 Å². The zero-order chi connectivity index (χ0) is 11.4. The van der Waals surface area contributed by atoms with Gasteiger partial charge in [0.15, 0.2) is 19.0 Å². The lowest BCUT2D eigenvalue weighted by atomic mass is 10.2. The minimum atomic E-state index is -0.981. The van der Waals surface area contributed by atoms with Crippen molar-refractivity contribution in [1.82, 2.24) is 0 Å². The van der Waals surface area contributed by atoms with Crippen molar-refractivity contribution < 1.29 is 28.5 Å². The maximum absolute atomic E-state index is 11.7. The number of ether oxygens (including phenoxy) is 5. The van der Waals surface area contributed by atoms with E-state index < -0.39 is 17.7 Å². The summed E-state index contributed by atoms with van der Waals surface area (Å²) in [4.78, 5) is 11.7. The summed E-state index contributed by atoms with van der Waals surface area (Å²) in [5, 5.41) is 0. The number of carbonyl (C=O) groups excluding carboxylic acids is 1. The lowest BCUT2D eigenvalue weighted by molar-refractivity contribution is -0.305. The van der Waals surface area contributed by atoms with Crippen molar-refractivity contribution in [3.05, 3.63) is 0 Å². The van der Waals surface area contributed by atoms with Crippen LogP contribution in [-0.2, 0) is 28.5 Å². The van der Waals surface area contributed by atoms with Gasteiger partial charge >= 0.3 is 5.97 Å². The highest BCUT2D eigenvalue weighted by Gasteiger charge is 2.35. The molecule has 16 heavy (non-hydrogen) atoms. The minimum absolute atomic E-state index is 0.0504. The van der Waals surface area contributed by atoms with Gasteiger partial charge in [-0.15, -0.1) is 0 Å². The quantitative estimate of drug-likeness (QED) is 0.464. The first-order valence-electron chi connectivity index (χ1n) is 5.37. The summed E-state index contributed by atoms with van der Waals surface area (Å²) in [6, 6.07) is 0. The molecule has 2 rings (SSSR count). The van der Waals surface area contributed by atoms with E-state index in [-0.39, 0.29) is 13.6 Å². The molecular weight excluding hydrogens is 232 g/mol. The maximum Gasteiger partial charge on any atom is 0.365 e. The van der Waals surface area contributed by atoms with Crippen LogP contribution in [-0.4, -0.2) is 48.1 Å². The molecule has 0 aromatic rings. The Labute approximate surface area is 96.5 Å². The van der Waals surface area contributed by atoms with E-state index in [4.69, 9.17) is 23.7 Å². The van der Waals surface area contributed by atoms with Crippen molar-refractivity contribution in [2.45, 2.75) is 31.0 Å². The van der Waals surface area contributed by atoms with Crippen molar-refractivity contribution in [3.8, 4) is 0 Å². The second-order valence-corrected chi connectivity index (χ2v) is 5.49. The van der Waals surface area contributed by atoms with Gasteiger partial charge in [0.2, 0.25) is 0 Å². The third-order valence-electron chi connectivity index (χ3n) is 2.55. The molecule has 2 fully saturated rings. The van der Waals surface area contributed by atoms with E-state index in [2.05, 4.69) is 0 Å². The second kappa shape index (κ2) is 5.24. The van der Waals surface area contributed by atoms with Crippen LogP contribution in [0.2, 0.25) is 0 Å². The zero-order valence-electron chi connectivity index (χ0n) is 9.27. The number of carbonyl (C=O) groups is 1. The highest BCUT2D eigenvalue weighted by atomic mass is 28.1. The number of rotatable bonds is 2. The predicted molar refractivity (Wildman–Crippen MR) is 55.3 cm³/mol. The van der Waals surface area contributed by atoms with Crippen LogP contribution in [0.25, 0.3) is 0 Å². The molecule has 2 heterocycles. The third-order valence-corrected chi connectivity index (χ3v) is 3.54. The molecule has 0 radical (unpaired) electrons. The van der Waals surface area contributed by atoms with Gasteiger partial charge in [-0.25, -0.2) is 4.79 Å². The summed E-state index contributed by atoms with van der Waals surface area (Å²) in [5.74, 6) is -0.528. The molecule has 2 saturated heterocycles. The maximum atomic E-state index is 11.7. The SMILES string of the molecule is O=C(OC1([SiH3])CCCCO1)C1OCOCO1. The first kappa shape index (κ1) is 12.0. The smallest absolute Gasteiger partial charge is 0.365 e. The molecule has 0 N–H and O–H groups in total. The lowest BCUT2D eigenvalue weighted by Crippen LogP contribution is -2.46. The Kier molecular flexibility index (Phi) is 3.93. The fourth-order valence-corrected chi connectivity index (χ4v) is 2.45. The van der Waals surface area contributed by atoms with Gasteiger partial charge in [-0.2, -0.15) is 0 Å². The monoisotopic (exact) mass is 248 g/mol. The number of esters is 1. The average molecular weight is 248 g/mol. The molecule has 0 bridgehead atoms. The van der Waals surface area contributed by atoms with Gasteiger partial charge in [-0.3, -0.25) is 0 Å². The van der Waals surface area contributed by atoms with Gasteiger partial charge < -0.3 is 23.7 Å². The second-order valence-electron chi connectivity index (χ2n) is 3.97. The lowest BCUT2D eigenvalue weighted by Gasteiger charge is -2.35. The molecule has 1 unspecified atom stereocenters. The van der Waals surface area contributed by atoms with Crippen LogP contribution in [0.1, 0.15) is 19.3 Å². The van der Waals surface area contributed by atoms with Crippen molar-refractivity contribution in [2.24, 2.45) is 0 Å². The molecule has 7 heteroatoms. The number of hydrogen-bond donors (Lipinski definition) is 0. The van der Waals surface area contributed by atoms with Crippen LogP contribution < -0.4 is 0 Å². The molecule has 0 saturated carbocycles. The largest absolute Gasteiger partial charge is 0.435 e. The summed E-state index contributed by atoms with van der Waals surface area (Å²) >= 11 is 0. The van der Waals surface area contributed by atoms with Crippen LogP contribution in [0, 0.1) is 0 Å². The normalized spacial score (nSPS) is 32.5. The first-order chi connectivity index (χ1) is 7.70. The van der Waals surface area contributed by atoms with Crippen LogP contribution in [0.15, 0.2) is 0 Å². The Morgan fingerprint density at radius 2 is 2.06 bits per heavy atom. The van der Waals surface area contributed by atoms with E-state index in [0.29, 0.717) is 16.8 Å². The van der Waals surface area contributed by atoms with E-state index in [1.165, 1.54) is 0 Å². The Bertz CT molecular complexity index is 246. The van der Waals surface area contributed by atoms with Crippen LogP contribution in [0.3, 0.4) is 0 Å². The molecular formula is C9H16O6Si. The third kappa shape index (κ3) is 3.02. The van der Waals surface area contributed by atoms with Gasteiger partial charge in [-0.05, 0) is 12.8 Å². The highest BCUT2D eigenvalue weighted by molar-refractivity contribution is 6.14. The standard InChI is InChI=1S/C9H16O6Si/c10-7(8-12-5-11-6-13-8)15-9(16)3-1-2-4-14-9/h8H,1-6H2,16H3. The first-order valence-corrected chi connectivity index (χ1v) is 6.37. The molecule has 0 aliphatic carbocycles. The van der Waals surface area contributed by atoms with Gasteiger partial charge in [-0.1, -0.05) is 0 Å². The van der Waals surface area contributed by atoms with E-state index in [1.54, 1.807) is 0 Å². The highest BCUT2D eigenvalue weighted by Crippen LogP contribution is 2.24. The molecule has 92 valence electrons. The summed E-state index contributed by atoms with van der Waals surface area (Å²) < 4.78 is 25.5. The predicted octanol–water partition coefficient (Wildman–Crippen LogP) is -0.946.